The lowest BCUT2D eigenvalue weighted by Crippen LogP contribution is -2.43. The highest BCUT2D eigenvalue weighted by Gasteiger charge is 2.28. The average molecular weight is 345 g/mol. The molecule has 0 aromatic carbocycles. The summed E-state index contributed by atoms with van der Waals surface area (Å²) in [5.41, 5.74) is 2.07. The first-order chi connectivity index (χ1) is 11.7. The van der Waals surface area contributed by atoms with E-state index in [4.69, 9.17) is 9.47 Å². The fourth-order valence-electron chi connectivity index (χ4n) is 3.07. The molecule has 0 spiro atoms. The van der Waals surface area contributed by atoms with Crippen molar-refractivity contribution in [1.29, 1.82) is 0 Å². The van der Waals surface area contributed by atoms with Crippen LogP contribution < -0.4 is 4.90 Å². The first kappa shape index (κ1) is 15.5. The maximum atomic E-state index is 6.13. The van der Waals surface area contributed by atoms with Crippen molar-refractivity contribution in [2.45, 2.75) is 25.7 Å². The summed E-state index contributed by atoms with van der Waals surface area (Å²) in [6, 6.07) is 4.15. The SMILES string of the molecule is COCc1cc(N2CC(C)OC(c3ccsc3)C2)n2ncnc2n1. The third-order valence-corrected chi connectivity index (χ3v) is 4.78. The Kier molecular flexibility index (Phi) is 4.17. The van der Waals surface area contributed by atoms with Gasteiger partial charge in [-0.2, -0.15) is 25.9 Å². The van der Waals surface area contributed by atoms with Crippen LogP contribution in [-0.4, -0.2) is 45.9 Å². The van der Waals surface area contributed by atoms with Crippen LogP contribution in [0, 0.1) is 0 Å². The minimum absolute atomic E-state index is 0.0533. The number of fused-ring (bicyclic) bond motifs is 1. The minimum Gasteiger partial charge on any atom is -0.378 e. The van der Waals surface area contributed by atoms with E-state index in [2.05, 4.69) is 43.7 Å². The van der Waals surface area contributed by atoms with Crippen LogP contribution in [-0.2, 0) is 16.1 Å². The van der Waals surface area contributed by atoms with E-state index in [0.717, 1.165) is 24.6 Å². The Balaban J connectivity index is 1.71. The molecular weight excluding hydrogens is 326 g/mol. The quantitative estimate of drug-likeness (QED) is 0.723. The Hall–Kier alpha value is -2.03. The Morgan fingerprint density at radius 3 is 3.12 bits per heavy atom. The van der Waals surface area contributed by atoms with E-state index in [-0.39, 0.29) is 12.2 Å². The van der Waals surface area contributed by atoms with E-state index in [1.54, 1.807) is 23.0 Å². The second-order valence-electron chi connectivity index (χ2n) is 5.91. The molecule has 7 nitrogen and oxygen atoms in total. The van der Waals surface area contributed by atoms with Gasteiger partial charge in [-0.05, 0) is 29.3 Å². The third kappa shape index (κ3) is 2.88. The van der Waals surface area contributed by atoms with Crippen LogP contribution in [0.4, 0.5) is 5.82 Å². The van der Waals surface area contributed by atoms with Crippen molar-refractivity contribution in [1.82, 2.24) is 19.6 Å². The fourth-order valence-corrected chi connectivity index (χ4v) is 3.77. The number of ether oxygens (including phenoxy) is 2. The first-order valence-electron chi connectivity index (χ1n) is 7.85. The Morgan fingerprint density at radius 2 is 2.33 bits per heavy atom. The molecule has 24 heavy (non-hydrogen) atoms. The van der Waals surface area contributed by atoms with Gasteiger partial charge in [0.25, 0.3) is 5.78 Å². The minimum atomic E-state index is 0.0533. The van der Waals surface area contributed by atoms with E-state index in [1.807, 2.05) is 6.07 Å². The molecule has 1 fully saturated rings. The second-order valence-corrected chi connectivity index (χ2v) is 6.69. The van der Waals surface area contributed by atoms with Gasteiger partial charge >= 0.3 is 0 Å². The monoisotopic (exact) mass is 345 g/mol. The van der Waals surface area contributed by atoms with Crippen LogP contribution in [0.2, 0.25) is 0 Å². The number of aromatic nitrogens is 4. The number of hydrogen-bond donors (Lipinski definition) is 0. The number of rotatable bonds is 4. The largest absolute Gasteiger partial charge is 0.378 e. The summed E-state index contributed by atoms with van der Waals surface area (Å²) in [7, 11) is 1.67. The fraction of sp³-hybridized carbons (Fsp3) is 0.438. The Bertz CT molecular complexity index is 819. The van der Waals surface area contributed by atoms with Crippen molar-refractivity contribution in [3.63, 3.8) is 0 Å². The molecule has 0 amide bonds. The third-order valence-electron chi connectivity index (χ3n) is 4.08. The highest BCUT2D eigenvalue weighted by Crippen LogP contribution is 2.30. The molecule has 2 unspecified atom stereocenters. The summed E-state index contributed by atoms with van der Waals surface area (Å²) in [4.78, 5) is 11.0. The van der Waals surface area contributed by atoms with Gasteiger partial charge in [-0.25, -0.2) is 4.98 Å². The molecule has 0 bridgehead atoms. The van der Waals surface area contributed by atoms with Gasteiger partial charge < -0.3 is 14.4 Å². The van der Waals surface area contributed by atoms with Crippen molar-refractivity contribution < 1.29 is 9.47 Å². The molecule has 0 saturated carbocycles. The normalized spacial score (nSPS) is 21.5. The van der Waals surface area contributed by atoms with Gasteiger partial charge in [0.15, 0.2) is 0 Å². The van der Waals surface area contributed by atoms with Crippen LogP contribution >= 0.6 is 11.3 Å². The van der Waals surface area contributed by atoms with Gasteiger partial charge in [-0.1, -0.05) is 0 Å². The lowest BCUT2D eigenvalue weighted by molar-refractivity contribution is -0.0175. The zero-order chi connectivity index (χ0) is 16.5. The molecule has 4 rings (SSSR count). The molecule has 0 radical (unpaired) electrons. The van der Waals surface area contributed by atoms with E-state index >= 15 is 0 Å². The van der Waals surface area contributed by atoms with Gasteiger partial charge in [-0.15, -0.1) is 0 Å². The van der Waals surface area contributed by atoms with Crippen LogP contribution in [0.1, 0.15) is 24.3 Å². The smallest absolute Gasteiger partial charge is 0.254 e. The molecule has 8 heteroatoms. The highest BCUT2D eigenvalue weighted by atomic mass is 32.1. The summed E-state index contributed by atoms with van der Waals surface area (Å²) in [6.45, 7) is 4.12. The number of hydrogen-bond acceptors (Lipinski definition) is 7. The van der Waals surface area contributed by atoms with E-state index in [1.165, 1.54) is 11.9 Å². The molecule has 1 saturated heterocycles. The maximum absolute atomic E-state index is 6.13. The van der Waals surface area contributed by atoms with E-state index in [0.29, 0.717) is 12.4 Å². The zero-order valence-corrected chi connectivity index (χ0v) is 14.4. The highest BCUT2D eigenvalue weighted by molar-refractivity contribution is 7.07. The predicted molar refractivity (Wildman–Crippen MR) is 91.3 cm³/mol. The lowest BCUT2D eigenvalue weighted by Gasteiger charge is -2.37. The maximum Gasteiger partial charge on any atom is 0.254 e. The predicted octanol–water partition coefficient (Wildman–Crippen LogP) is 2.30. The summed E-state index contributed by atoms with van der Waals surface area (Å²) in [6.07, 6.45) is 1.71. The van der Waals surface area contributed by atoms with Crippen molar-refractivity contribution in [2.75, 3.05) is 25.1 Å². The summed E-state index contributed by atoms with van der Waals surface area (Å²) in [5, 5.41) is 8.56. The average Bonchev–Trinajstić information content (AvgIpc) is 3.25. The molecule has 3 aromatic rings. The van der Waals surface area contributed by atoms with Crippen molar-refractivity contribution in [3.8, 4) is 0 Å². The van der Waals surface area contributed by atoms with Crippen LogP contribution in [0.5, 0.6) is 0 Å². The number of thiophene rings is 1. The molecule has 0 N–H and O–H groups in total. The Morgan fingerprint density at radius 1 is 1.42 bits per heavy atom. The molecule has 1 aliphatic rings. The number of methoxy groups -OCH3 is 1. The van der Waals surface area contributed by atoms with Crippen LogP contribution in [0.25, 0.3) is 5.78 Å². The van der Waals surface area contributed by atoms with Gasteiger partial charge in [-0.3, -0.25) is 0 Å². The summed E-state index contributed by atoms with van der Waals surface area (Å²) < 4.78 is 13.1. The summed E-state index contributed by atoms with van der Waals surface area (Å²) in [5.74, 6) is 1.56. The number of nitrogens with zero attached hydrogens (tertiary/aromatic N) is 5. The molecule has 0 aliphatic carbocycles. The first-order valence-corrected chi connectivity index (χ1v) is 8.80. The standard InChI is InChI=1S/C16H19N5O2S/c1-11-6-20(7-14(23-11)12-3-4-24-9-12)15-5-13(8-22-2)19-16-17-10-18-21(15)16/h3-5,9-11,14H,6-8H2,1-2H3. The molecule has 126 valence electrons. The van der Waals surface area contributed by atoms with Crippen LogP contribution in [0.3, 0.4) is 0 Å². The van der Waals surface area contributed by atoms with Crippen molar-refractivity contribution >= 4 is 22.9 Å². The molecule has 2 atom stereocenters. The molecule has 1 aliphatic heterocycles. The lowest BCUT2D eigenvalue weighted by atomic mass is 10.1. The number of morpholine rings is 1. The zero-order valence-electron chi connectivity index (χ0n) is 13.6. The number of anilines is 1. The topological polar surface area (TPSA) is 64.8 Å². The van der Waals surface area contributed by atoms with Gasteiger partial charge in [0, 0.05) is 26.3 Å². The van der Waals surface area contributed by atoms with Crippen molar-refractivity contribution in [3.05, 3.63) is 40.5 Å². The molecular formula is C16H19N5O2S. The van der Waals surface area contributed by atoms with Crippen LogP contribution in [0.15, 0.2) is 29.2 Å². The van der Waals surface area contributed by atoms with Gasteiger partial charge in [0.1, 0.15) is 18.2 Å². The van der Waals surface area contributed by atoms with Gasteiger partial charge in [0.2, 0.25) is 0 Å². The Labute approximate surface area is 143 Å². The summed E-state index contributed by atoms with van der Waals surface area (Å²) >= 11 is 1.69. The van der Waals surface area contributed by atoms with E-state index in [9.17, 15) is 0 Å². The molecule has 4 heterocycles. The van der Waals surface area contributed by atoms with E-state index < -0.39 is 0 Å². The van der Waals surface area contributed by atoms with Crippen molar-refractivity contribution in [2.24, 2.45) is 0 Å². The van der Waals surface area contributed by atoms with Gasteiger partial charge in [0.05, 0.1) is 18.4 Å². The molecule has 3 aromatic heterocycles. The second kappa shape index (κ2) is 6.46.